The second-order valence-electron chi connectivity index (χ2n) is 5.81. The molecule has 1 aromatic heterocycles. The van der Waals surface area contributed by atoms with Crippen LogP contribution in [0.2, 0.25) is 0 Å². The number of hydrogen-bond donors (Lipinski definition) is 2. The Morgan fingerprint density at radius 1 is 1.55 bits per heavy atom. The van der Waals surface area contributed by atoms with Crippen LogP contribution in [0, 0.1) is 5.92 Å². The minimum absolute atomic E-state index is 0.100. The third-order valence-electron chi connectivity index (χ3n) is 2.91. The van der Waals surface area contributed by atoms with Crippen molar-refractivity contribution in [1.82, 2.24) is 14.5 Å². The van der Waals surface area contributed by atoms with Crippen LogP contribution in [0.4, 0.5) is 0 Å². The summed E-state index contributed by atoms with van der Waals surface area (Å²) in [5.41, 5.74) is 5.97. The summed E-state index contributed by atoms with van der Waals surface area (Å²) < 4.78 is 3.88. The second kappa shape index (κ2) is 6.17. The van der Waals surface area contributed by atoms with Gasteiger partial charge < -0.3 is 15.8 Å². The van der Waals surface area contributed by atoms with Gasteiger partial charge in [-0.25, -0.2) is 0 Å². The molecule has 20 heavy (non-hydrogen) atoms. The Hall–Kier alpha value is -1.70. The Morgan fingerprint density at radius 3 is 2.65 bits per heavy atom. The molecule has 0 saturated carbocycles. The predicted octanol–water partition coefficient (Wildman–Crippen LogP) is 1.29. The smallest absolute Gasteiger partial charge is 0.267 e. The summed E-state index contributed by atoms with van der Waals surface area (Å²) in [4.78, 5) is 14.5. The Bertz CT molecular complexity index is 506. The molecule has 1 unspecified atom stereocenters. The number of oxime groups is 1. The fourth-order valence-electron chi connectivity index (χ4n) is 1.68. The zero-order valence-electron chi connectivity index (χ0n) is 12.4. The molecule has 1 amide bonds. The van der Waals surface area contributed by atoms with E-state index >= 15 is 0 Å². The minimum atomic E-state index is -0.240. The molecule has 1 atom stereocenters. The molecule has 0 aliphatic rings. The number of carbonyl (C=O) groups excluding carboxylic acids is 1. The topological polar surface area (TPSA) is 105 Å². The van der Waals surface area contributed by atoms with Crippen LogP contribution in [-0.4, -0.2) is 45.0 Å². The van der Waals surface area contributed by atoms with Crippen molar-refractivity contribution in [2.45, 2.75) is 33.1 Å². The molecule has 3 N–H and O–H groups in total. The van der Waals surface area contributed by atoms with Crippen LogP contribution in [0.3, 0.4) is 0 Å². The molecule has 0 radical (unpaired) electrons. The monoisotopic (exact) mass is 299 g/mol. The Balaban J connectivity index is 2.88. The van der Waals surface area contributed by atoms with Crippen LogP contribution in [0.5, 0.6) is 0 Å². The number of nitrogens with zero attached hydrogens (tertiary/aromatic N) is 4. The zero-order valence-corrected chi connectivity index (χ0v) is 13.2. The SMILES string of the molecule is CC(CN(C)C(=O)c1snnc1C(C)(C)C)C(N)=NO. The van der Waals surface area contributed by atoms with Gasteiger partial charge in [0.05, 0.1) is 5.69 Å². The van der Waals surface area contributed by atoms with Gasteiger partial charge in [0.25, 0.3) is 5.91 Å². The Labute approximate surface area is 122 Å². The van der Waals surface area contributed by atoms with Crippen LogP contribution >= 0.6 is 11.5 Å². The quantitative estimate of drug-likeness (QED) is 0.377. The van der Waals surface area contributed by atoms with Gasteiger partial charge in [0.15, 0.2) is 0 Å². The maximum atomic E-state index is 12.4. The Morgan fingerprint density at radius 2 is 2.15 bits per heavy atom. The first-order valence-electron chi connectivity index (χ1n) is 6.24. The summed E-state index contributed by atoms with van der Waals surface area (Å²) in [6.07, 6.45) is 0. The number of amides is 1. The lowest BCUT2D eigenvalue weighted by Gasteiger charge is -2.22. The van der Waals surface area contributed by atoms with Crippen molar-refractivity contribution < 1.29 is 10.0 Å². The molecule has 1 heterocycles. The van der Waals surface area contributed by atoms with Crippen LogP contribution in [0.1, 0.15) is 43.1 Å². The maximum Gasteiger partial charge on any atom is 0.267 e. The van der Waals surface area contributed by atoms with Crippen LogP contribution < -0.4 is 5.73 Å². The molecule has 0 bridgehead atoms. The first-order valence-corrected chi connectivity index (χ1v) is 7.01. The zero-order chi connectivity index (χ0) is 15.5. The van der Waals surface area contributed by atoms with Crippen molar-refractivity contribution in [3.8, 4) is 0 Å². The normalized spacial score (nSPS) is 14.2. The van der Waals surface area contributed by atoms with Gasteiger partial charge in [-0.3, -0.25) is 4.79 Å². The maximum absolute atomic E-state index is 12.4. The summed E-state index contributed by atoms with van der Waals surface area (Å²) in [7, 11) is 1.68. The van der Waals surface area contributed by atoms with Crippen molar-refractivity contribution in [2.75, 3.05) is 13.6 Å². The molecule has 0 aromatic carbocycles. The molecule has 0 saturated heterocycles. The highest BCUT2D eigenvalue weighted by atomic mass is 32.1. The predicted molar refractivity (Wildman–Crippen MR) is 78.1 cm³/mol. The summed E-state index contributed by atoms with van der Waals surface area (Å²) >= 11 is 1.09. The number of nitrogens with two attached hydrogens (primary N) is 1. The third kappa shape index (κ3) is 3.66. The van der Waals surface area contributed by atoms with Gasteiger partial charge >= 0.3 is 0 Å². The van der Waals surface area contributed by atoms with Crippen molar-refractivity contribution in [3.63, 3.8) is 0 Å². The first-order chi connectivity index (χ1) is 9.18. The van der Waals surface area contributed by atoms with Gasteiger partial charge in [0.1, 0.15) is 10.7 Å². The largest absolute Gasteiger partial charge is 0.409 e. The molecule has 7 nitrogen and oxygen atoms in total. The Kier molecular flexibility index (Phi) is 5.04. The number of rotatable bonds is 4. The van der Waals surface area contributed by atoms with Gasteiger partial charge in [-0.05, 0) is 11.5 Å². The minimum Gasteiger partial charge on any atom is -0.409 e. The van der Waals surface area contributed by atoms with E-state index in [4.69, 9.17) is 10.9 Å². The lowest BCUT2D eigenvalue weighted by Crippen LogP contribution is -2.36. The molecule has 0 fully saturated rings. The highest BCUT2D eigenvalue weighted by Crippen LogP contribution is 2.26. The molecule has 8 heteroatoms. The molecular weight excluding hydrogens is 278 g/mol. The standard InChI is InChI=1S/C12H21N5O2S/c1-7(10(13)15-19)6-17(5)11(18)8-9(12(2,3)4)14-16-20-8/h7,19H,6H2,1-5H3,(H2,13,15). The summed E-state index contributed by atoms with van der Waals surface area (Å²) in [5, 5.41) is 15.6. The highest BCUT2D eigenvalue weighted by Gasteiger charge is 2.28. The average molecular weight is 299 g/mol. The van der Waals surface area contributed by atoms with E-state index in [2.05, 4.69) is 14.7 Å². The van der Waals surface area contributed by atoms with Gasteiger partial charge in [-0.1, -0.05) is 37.3 Å². The lowest BCUT2D eigenvalue weighted by atomic mass is 9.91. The van der Waals surface area contributed by atoms with E-state index in [0.29, 0.717) is 17.1 Å². The summed E-state index contributed by atoms with van der Waals surface area (Å²) in [6, 6.07) is 0. The van der Waals surface area contributed by atoms with E-state index in [9.17, 15) is 4.79 Å². The molecule has 0 aliphatic heterocycles. The van der Waals surface area contributed by atoms with Gasteiger partial charge in [0, 0.05) is 24.9 Å². The molecule has 1 rings (SSSR count). The number of amidine groups is 1. The molecule has 112 valence electrons. The van der Waals surface area contributed by atoms with Crippen LogP contribution in [0.15, 0.2) is 5.16 Å². The number of aromatic nitrogens is 2. The van der Waals surface area contributed by atoms with Crippen LogP contribution in [-0.2, 0) is 5.41 Å². The second-order valence-corrected chi connectivity index (χ2v) is 6.57. The first kappa shape index (κ1) is 16.4. The summed E-state index contributed by atoms with van der Waals surface area (Å²) in [6.45, 7) is 8.10. The highest BCUT2D eigenvalue weighted by molar-refractivity contribution is 7.08. The number of hydrogen-bond acceptors (Lipinski definition) is 6. The van der Waals surface area contributed by atoms with E-state index in [0.717, 1.165) is 11.5 Å². The molecule has 0 spiro atoms. The molecule has 1 aromatic rings. The van der Waals surface area contributed by atoms with E-state index in [1.165, 1.54) is 4.90 Å². The van der Waals surface area contributed by atoms with Crippen molar-refractivity contribution in [3.05, 3.63) is 10.6 Å². The lowest BCUT2D eigenvalue weighted by molar-refractivity contribution is 0.0788. The fraction of sp³-hybridized carbons (Fsp3) is 0.667. The average Bonchev–Trinajstić information content (AvgIpc) is 2.85. The van der Waals surface area contributed by atoms with Gasteiger partial charge in [-0.15, -0.1) is 5.10 Å². The van der Waals surface area contributed by atoms with E-state index < -0.39 is 0 Å². The van der Waals surface area contributed by atoms with Crippen molar-refractivity contribution >= 4 is 23.3 Å². The van der Waals surface area contributed by atoms with Gasteiger partial charge in [0.2, 0.25) is 0 Å². The van der Waals surface area contributed by atoms with E-state index in [1.807, 2.05) is 20.8 Å². The third-order valence-corrected chi connectivity index (χ3v) is 3.62. The molecule has 0 aliphatic carbocycles. The van der Waals surface area contributed by atoms with Crippen molar-refractivity contribution in [2.24, 2.45) is 16.8 Å². The van der Waals surface area contributed by atoms with Gasteiger partial charge in [-0.2, -0.15) is 0 Å². The van der Waals surface area contributed by atoms with Crippen molar-refractivity contribution in [1.29, 1.82) is 0 Å². The number of carbonyl (C=O) groups is 1. The molecular formula is C12H21N5O2S. The fourth-order valence-corrected chi connectivity index (χ4v) is 2.55. The van der Waals surface area contributed by atoms with E-state index in [-0.39, 0.29) is 23.1 Å². The van der Waals surface area contributed by atoms with Crippen LogP contribution in [0.25, 0.3) is 0 Å². The summed E-state index contributed by atoms with van der Waals surface area (Å²) in [5.74, 6) is -0.279. The van der Waals surface area contributed by atoms with E-state index in [1.54, 1.807) is 14.0 Å².